The summed E-state index contributed by atoms with van der Waals surface area (Å²) in [7, 11) is 0. The Balaban J connectivity index is 1.67. The van der Waals surface area contributed by atoms with Crippen LogP contribution in [0.4, 0.5) is 17.6 Å². The quantitative estimate of drug-likeness (QED) is 0.596. The molecule has 1 aromatic carbocycles. The molecule has 0 saturated heterocycles. The van der Waals surface area contributed by atoms with Crippen molar-refractivity contribution in [3.8, 4) is 16.9 Å². The number of hydrogen-bond donors (Lipinski definition) is 2. The minimum absolute atomic E-state index is 0.0607. The van der Waals surface area contributed by atoms with Crippen LogP contribution in [0, 0.1) is 5.82 Å². The van der Waals surface area contributed by atoms with Gasteiger partial charge in [0.05, 0.1) is 11.4 Å². The summed E-state index contributed by atoms with van der Waals surface area (Å²) in [4.78, 5) is 25.1. The number of pyridine rings is 1. The number of primary amides is 1. The van der Waals surface area contributed by atoms with Gasteiger partial charge in [-0.3, -0.25) is 9.69 Å². The van der Waals surface area contributed by atoms with Gasteiger partial charge in [0.25, 0.3) is 5.91 Å². The second-order valence-electron chi connectivity index (χ2n) is 7.36. The van der Waals surface area contributed by atoms with Crippen LogP contribution in [0.25, 0.3) is 11.1 Å². The van der Waals surface area contributed by atoms with Crippen molar-refractivity contribution in [2.24, 2.45) is 5.73 Å². The van der Waals surface area contributed by atoms with E-state index >= 15 is 0 Å². The SMILES string of the molecule is NC(=O)c1cc(-c2ccc(O)cc2F)c2c(n1)CN(Cc1cc(C(F)(F)F)ncn1)CC2. The molecule has 7 nitrogen and oxygen atoms in total. The molecule has 166 valence electrons. The van der Waals surface area contributed by atoms with Crippen LogP contribution in [-0.4, -0.2) is 37.4 Å². The van der Waals surface area contributed by atoms with E-state index in [4.69, 9.17) is 5.73 Å². The highest BCUT2D eigenvalue weighted by atomic mass is 19.4. The van der Waals surface area contributed by atoms with Gasteiger partial charge < -0.3 is 10.8 Å². The van der Waals surface area contributed by atoms with Gasteiger partial charge in [-0.2, -0.15) is 13.2 Å². The van der Waals surface area contributed by atoms with Crippen molar-refractivity contribution in [3.63, 3.8) is 0 Å². The molecule has 1 amide bonds. The third-order valence-electron chi connectivity index (χ3n) is 5.16. The summed E-state index contributed by atoms with van der Waals surface area (Å²) in [5.74, 6) is -1.70. The number of nitrogens with two attached hydrogens (primary N) is 1. The Morgan fingerprint density at radius 2 is 1.94 bits per heavy atom. The van der Waals surface area contributed by atoms with Crippen molar-refractivity contribution in [2.45, 2.75) is 25.7 Å². The summed E-state index contributed by atoms with van der Waals surface area (Å²) in [5.41, 5.74) is 6.29. The molecule has 0 bridgehead atoms. The molecule has 1 aliphatic rings. The number of phenolic OH excluding ortho intramolecular Hbond substituents is 1. The smallest absolute Gasteiger partial charge is 0.433 e. The third-order valence-corrected chi connectivity index (χ3v) is 5.16. The van der Waals surface area contributed by atoms with E-state index < -0.39 is 23.6 Å². The van der Waals surface area contributed by atoms with Crippen LogP contribution < -0.4 is 5.73 Å². The molecule has 0 unspecified atom stereocenters. The largest absolute Gasteiger partial charge is 0.508 e. The predicted octanol–water partition coefficient (Wildman–Crippen LogP) is 3.06. The molecule has 0 aliphatic carbocycles. The van der Waals surface area contributed by atoms with Gasteiger partial charge in [-0.15, -0.1) is 0 Å². The lowest BCUT2D eigenvalue weighted by Crippen LogP contribution is -2.32. The van der Waals surface area contributed by atoms with Crippen LogP contribution in [0.3, 0.4) is 0 Å². The molecule has 0 spiro atoms. The van der Waals surface area contributed by atoms with Crippen LogP contribution in [0.15, 0.2) is 36.7 Å². The van der Waals surface area contributed by atoms with Crippen molar-refractivity contribution in [3.05, 3.63) is 70.8 Å². The zero-order valence-electron chi connectivity index (χ0n) is 16.5. The maximum Gasteiger partial charge on any atom is 0.433 e. The molecule has 0 saturated carbocycles. The average molecular weight is 447 g/mol. The van der Waals surface area contributed by atoms with Gasteiger partial charge in [0.1, 0.15) is 29.3 Å². The third kappa shape index (κ3) is 4.37. The summed E-state index contributed by atoms with van der Waals surface area (Å²) in [6.45, 7) is 0.758. The van der Waals surface area contributed by atoms with Gasteiger partial charge in [-0.25, -0.2) is 19.3 Å². The van der Waals surface area contributed by atoms with Gasteiger partial charge >= 0.3 is 6.18 Å². The normalized spacial score (nSPS) is 14.2. The number of rotatable bonds is 4. The second kappa shape index (κ2) is 8.15. The molecule has 4 rings (SSSR count). The first-order valence-electron chi connectivity index (χ1n) is 9.54. The van der Waals surface area contributed by atoms with Crippen molar-refractivity contribution in [1.29, 1.82) is 0 Å². The molecule has 0 radical (unpaired) electrons. The number of fused-ring (bicyclic) bond motifs is 1. The zero-order valence-corrected chi connectivity index (χ0v) is 16.5. The van der Waals surface area contributed by atoms with Crippen molar-refractivity contribution in [1.82, 2.24) is 19.9 Å². The van der Waals surface area contributed by atoms with Crippen molar-refractivity contribution >= 4 is 5.91 Å². The highest BCUT2D eigenvalue weighted by molar-refractivity contribution is 5.92. The van der Waals surface area contributed by atoms with E-state index in [2.05, 4.69) is 15.0 Å². The molecule has 3 aromatic rings. The molecule has 3 heterocycles. The summed E-state index contributed by atoms with van der Waals surface area (Å²) < 4.78 is 53.3. The number of hydrogen-bond acceptors (Lipinski definition) is 6. The van der Waals surface area contributed by atoms with Gasteiger partial charge in [0.2, 0.25) is 0 Å². The fourth-order valence-electron chi connectivity index (χ4n) is 3.69. The highest BCUT2D eigenvalue weighted by Crippen LogP contribution is 2.34. The van der Waals surface area contributed by atoms with Crippen LogP contribution in [0.2, 0.25) is 0 Å². The lowest BCUT2D eigenvalue weighted by molar-refractivity contribution is -0.141. The monoisotopic (exact) mass is 447 g/mol. The molecule has 0 fully saturated rings. The molecule has 3 N–H and O–H groups in total. The fraction of sp³-hybridized carbons (Fsp3) is 0.238. The van der Waals surface area contributed by atoms with Crippen molar-refractivity contribution in [2.75, 3.05) is 6.54 Å². The van der Waals surface area contributed by atoms with E-state index in [-0.39, 0.29) is 35.8 Å². The number of aromatic hydroxyl groups is 1. The first-order chi connectivity index (χ1) is 15.1. The predicted molar refractivity (Wildman–Crippen MR) is 105 cm³/mol. The Labute approximate surface area is 179 Å². The molecule has 32 heavy (non-hydrogen) atoms. The summed E-state index contributed by atoms with van der Waals surface area (Å²) in [5, 5.41) is 9.50. The lowest BCUT2D eigenvalue weighted by atomic mass is 9.92. The van der Waals surface area contributed by atoms with Crippen molar-refractivity contribution < 1.29 is 27.5 Å². The molecule has 2 aromatic heterocycles. The lowest BCUT2D eigenvalue weighted by Gasteiger charge is -2.29. The highest BCUT2D eigenvalue weighted by Gasteiger charge is 2.33. The Bertz CT molecular complexity index is 1200. The molecule has 11 heteroatoms. The van der Waals surface area contributed by atoms with E-state index in [1.165, 1.54) is 18.2 Å². The number of alkyl halides is 3. The van der Waals surface area contributed by atoms with Crippen LogP contribution in [0.5, 0.6) is 5.75 Å². The Kier molecular flexibility index (Phi) is 5.51. The van der Waals surface area contributed by atoms with E-state index in [9.17, 15) is 27.5 Å². The van der Waals surface area contributed by atoms with Gasteiger partial charge in [-0.05, 0) is 41.8 Å². The van der Waals surface area contributed by atoms with E-state index in [1.807, 2.05) is 4.90 Å². The number of nitrogens with zero attached hydrogens (tertiary/aromatic N) is 4. The summed E-state index contributed by atoms with van der Waals surface area (Å²) >= 11 is 0. The minimum atomic E-state index is -4.58. The first kappa shape index (κ1) is 21.6. The average Bonchev–Trinajstić information content (AvgIpc) is 2.72. The fourth-order valence-corrected chi connectivity index (χ4v) is 3.69. The number of carbonyl (C=O) groups is 1. The number of benzene rings is 1. The van der Waals surface area contributed by atoms with E-state index in [1.54, 1.807) is 0 Å². The Hall–Kier alpha value is -3.60. The van der Waals surface area contributed by atoms with Crippen LogP contribution in [0.1, 0.15) is 33.1 Å². The number of amides is 1. The molecular formula is C21H17F4N5O2. The van der Waals surface area contributed by atoms with Gasteiger partial charge in [0, 0.05) is 31.3 Å². The number of phenols is 1. The van der Waals surface area contributed by atoms with Gasteiger partial charge in [-0.1, -0.05) is 0 Å². The maximum atomic E-state index is 14.5. The Morgan fingerprint density at radius 1 is 1.16 bits per heavy atom. The zero-order chi connectivity index (χ0) is 23.0. The standard InChI is InChI=1S/C21H17F4N5O2/c22-16-6-12(31)1-2-13(16)15-7-17(20(26)32)29-18-9-30(4-3-14(15)18)8-11-5-19(21(23,24)25)28-10-27-11/h1-2,5-7,10,31H,3-4,8-9H2,(H2,26,32). The summed E-state index contributed by atoms with van der Waals surface area (Å²) in [6, 6.07) is 6.00. The Morgan fingerprint density at radius 3 is 2.62 bits per heavy atom. The molecule has 1 aliphatic heterocycles. The number of halogens is 4. The topological polar surface area (TPSA) is 105 Å². The van der Waals surface area contributed by atoms with Crippen LogP contribution in [-0.2, 0) is 25.7 Å². The summed E-state index contributed by atoms with van der Waals surface area (Å²) in [6.07, 6.45) is -3.30. The second-order valence-corrected chi connectivity index (χ2v) is 7.36. The van der Waals surface area contributed by atoms with E-state index in [0.29, 0.717) is 29.8 Å². The number of carbonyl (C=O) groups excluding carboxylic acids is 1. The number of aromatic nitrogens is 3. The minimum Gasteiger partial charge on any atom is -0.508 e. The molecule has 0 atom stereocenters. The van der Waals surface area contributed by atoms with Gasteiger partial charge in [0.15, 0.2) is 0 Å². The van der Waals surface area contributed by atoms with E-state index in [0.717, 1.165) is 18.5 Å². The molecular weight excluding hydrogens is 430 g/mol. The first-order valence-corrected chi connectivity index (χ1v) is 9.54. The maximum absolute atomic E-state index is 14.5. The van der Waals surface area contributed by atoms with Crippen LogP contribution >= 0.6 is 0 Å².